The monoisotopic (exact) mass is 269 g/mol. The summed E-state index contributed by atoms with van der Waals surface area (Å²) in [6.07, 6.45) is -1.07. The maximum absolute atomic E-state index is 13.6. The maximum Gasteiger partial charge on any atom is 0.272 e. The molecular weight excluding hydrogens is 257 g/mol. The van der Waals surface area contributed by atoms with E-state index in [2.05, 4.69) is 0 Å². The molecule has 102 valence electrons. The van der Waals surface area contributed by atoms with Gasteiger partial charge in [-0.05, 0) is 13.0 Å². The second kappa shape index (κ2) is 5.31. The average molecular weight is 269 g/mol. The fraction of sp³-hybridized carbons (Fsp3) is 0.417. The van der Waals surface area contributed by atoms with E-state index in [0.717, 1.165) is 12.1 Å². The summed E-state index contributed by atoms with van der Waals surface area (Å²) < 4.78 is 24.1. The van der Waals surface area contributed by atoms with Crippen molar-refractivity contribution in [3.8, 4) is 5.75 Å². The normalized spacial score (nSPS) is 21.9. The quantitative estimate of drug-likeness (QED) is 0.602. The van der Waals surface area contributed by atoms with Gasteiger partial charge in [0.1, 0.15) is 6.10 Å². The molecule has 0 saturated heterocycles. The first-order valence-corrected chi connectivity index (χ1v) is 5.78. The van der Waals surface area contributed by atoms with E-state index in [-0.39, 0.29) is 23.6 Å². The number of nitro groups is 1. The van der Waals surface area contributed by atoms with Crippen molar-refractivity contribution >= 4 is 11.5 Å². The van der Waals surface area contributed by atoms with Crippen LogP contribution in [0.2, 0.25) is 0 Å². The molecule has 2 unspecified atom stereocenters. The average Bonchev–Trinajstić information content (AvgIpc) is 2.37. The van der Waals surface area contributed by atoms with Crippen molar-refractivity contribution in [3.63, 3.8) is 0 Å². The van der Waals surface area contributed by atoms with Crippen LogP contribution in [-0.2, 0) is 9.53 Å². The fourth-order valence-electron chi connectivity index (χ4n) is 1.81. The highest BCUT2D eigenvalue weighted by molar-refractivity contribution is 5.90. The summed E-state index contributed by atoms with van der Waals surface area (Å²) in [5.41, 5.74) is -0.351. The van der Waals surface area contributed by atoms with Gasteiger partial charge in [0.2, 0.25) is 0 Å². The van der Waals surface area contributed by atoms with Gasteiger partial charge in [-0.1, -0.05) is 0 Å². The van der Waals surface area contributed by atoms with Crippen molar-refractivity contribution in [2.24, 2.45) is 0 Å². The maximum atomic E-state index is 13.6. The molecule has 7 heteroatoms. The summed E-state index contributed by atoms with van der Waals surface area (Å²) in [5.74, 6) is -1.04. The number of carbonyl (C=O) groups is 1. The van der Waals surface area contributed by atoms with Gasteiger partial charge in [-0.25, -0.2) is 4.39 Å². The predicted octanol–water partition coefficient (Wildman–Crippen LogP) is 1.86. The van der Waals surface area contributed by atoms with Crippen molar-refractivity contribution < 1.29 is 23.6 Å². The Morgan fingerprint density at radius 2 is 2.26 bits per heavy atom. The lowest BCUT2D eigenvalue weighted by Gasteiger charge is -2.34. The molecule has 1 aliphatic carbocycles. The molecule has 1 aliphatic rings. The van der Waals surface area contributed by atoms with E-state index in [9.17, 15) is 19.3 Å². The summed E-state index contributed by atoms with van der Waals surface area (Å²) >= 11 is 0. The zero-order valence-corrected chi connectivity index (χ0v) is 10.2. The van der Waals surface area contributed by atoms with E-state index in [1.165, 1.54) is 6.07 Å². The lowest BCUT2D eigenvalue weighted by atomic mass is 9.90. The number of rotatable bonds is 5. The first kappa shape index (κ1) is 13.4. The Bertz CT molecular complexity index is 519. The highest BCUT2D eigenvalue weighted by atomic mass is 19.1. The minimum absolute atomic E-state index is 0.0887. The second-order valence-electron chi connectivity index (χ2n) is 4.07. The number of ketones is 1. The van der Waals surface area contributed by atoms with E-state index in [1.54, 1.807) is 6.92 Å². The van der Waals surface area contributed by atoms with E-state index in [0.29, 0.717) is 6.61 Å². The van der Waals surface area contributed by atoms with Crippen molar-refractivity contribution in [1.29, 1.82) is 0 Å². The highest BCUT2D eigenvalue weighted by Crippen LogP contribution is 2.29. The molecular formula is C12H12FNO5. The van der Waals surface area contributed by atoms with Crippen LogP contribution in [0, 0.1) is 15.9 Å². The molecule has 0 amide bonds. The molecule has 0 N–H and O–H groups in total. The number of ether oxygens (including phenoxy) is 2. The largest absolute Gasteiger partial charge is 0.484 e. The Kier molecular flexibility index (Phi) is 3.75. The Morgan fingerprint density at radius 3 is 2.79 bits per heavy atom. The van der Waals surface area contributed by atoms with E-state index in [1.807, 2.05) is 0 Å². The molecule has 0 radical (unpaired) electrons. The van der Waals surface area contributed by atoms with E-state index in [4.69, 9.17) is 9.47 Å². The Hall–Kier alpha value is -2.02. The van der Waals surface area contributed by atoms with Crippen LogP contribution in [0.1, 0.15) is 13.3 Å². The molecule has 2 rings (SSSR count). The molecule has 0 heterocycles. The molecule has 0 aromatic heterocycles. The molecule has 6 nitrogen and oxygen atoms in total. The summed E-state index contributed by atoms with van der Waals surface area (Å²) in [5, 5.41) is 10.5. The number of Topliss-reactive ketones (excluding diaryl/α,β-unsaturated/α-hetero) is 1. The predicted molar refractivity (Wildman–Crippen MR) is 62.5 cm³/mol. The second-order valence-corrected chi connectivity index (χ2v) is 4.07. The van der Waals surface area contributed by atoms with Crippen LogP contribution in [0.25, 0.3) is 0 Å². The van der Waals surface area contributed by atoms with Gasteiger partial charge in [0, 0.05) is 19.1 Å². The van der Waals surface area contributed by atoms with Crippen LogP contribution in [0.5, 0.6) is 5.75 Å². The lowest BCUT2D eigenvalue weighted by molar-refractivity contribution is -0.385. The third-order valence-electron chi connectivity index (χ3n) is 2.81. The van der Waals surface area contributed by atoms with Crippen LogP contribution < -0.4 is 4.74 Å². The third kappa shape index (κ3) is 2.70. The first-order valence-electron chi connectivity index (χ1n) is 5.78. The molecule has 1 aromatic carbocycles. The number of hydrogen-bond donors (Lipinski definition) is 0. The van der Waals surface area contributed by atoms with Crippen LogP contribution >= 0.6 is 0 Å². The van der Waals surface area contributed by atoms with E-state index < -0.39 is 22.9 Å². The van der Waals surface area contributed by atoms with Gasteiger partial charge in [0.05, 0.1) is 11.0 Å². The topological polar surface area (TPSA) is 78.7 Å². The molecule has 1 saturated carbocycles. The highest BCUT2D eigenvalue weighted by Gasteiger charge is 2.42. The molecule has 2 atom stereocenters. The molecule has 0 spiro atoms. The van der Waals surface area contributed by atoms with Gasteiger partial charge in [-0.15, -0.1) is 0 Å². The Labute approximate surface area is 108 Å². The standard InChI is InChI=1S/C12H12FNO5/c1-2-18-12-9(15)6-11(12)19-10-4-3-7(14(16)17)5-8(10)13/h3-5,11-12H,2,6H2,1H3. The summed E-state index contributed by atoms with van der Waals surface area (Å²) in [6, 6.07) is 3.11. The number of nitro benzene ring substituents is 1. The van der Waals surface area contributed by atoms with Gasteiger partial charge < -0.3 is 9.47 Å². The van der Waals surface area contributed by atoms with Crippen molar-refractivity contribution in [3.05, 3.63) is 34.1 Å². The first-order chi connectivity index (χ1) is 9.02. The SMILES string of the molecule is CCOC1C(=O)CC1Oc1ccc([N+](=O)[O-])cc1F. The van der Waals surface area contributed by atoms with Gasteiger partial charge in [-0.2, -0.15) is 0 Å². The minimum Gasteiger partial charge on any atom is -0.484 e. The number of halogens is 1. The summed E-state index contributed by atoms with van der Waals surface area (Å²) in [4.78, 5) is 21.0. The number of carbonyl (C=O) groups excluding carboxylic acids is 1. The molecule has 0 bridgehead atoms. The van der Waals surface area contributed by atoms with Crippen molar-refractivity contribution in [2.75, 3.05) is 6.61 Å². The smallest absolute Gasteiger partial charge is 0.272 e. The van der Waals surface area contributed by atoms with Crippen molar-refractivity contribution in [2.45, 2.75) is 25.6 Å². The summed E-state index contributed by atoms with van der Waals surface area (Å²) in [6.45, 7) is 2.11. The molecule has 19 heavy (non-hydrogen) atoms. The number of non-ortho nitro benzene ring substituents is 1. The zero-order valence-electron chi connectivity index (χ0n) is 10.2. The number of nitrogens with zero attached hydrogens (tertiary/aromatic N) is 1. The van der Waals surface area contributed by atoms with Gasteiger partial charge in [0.25, 0.3) is 5.69 Å². The minimum atomic E-state index is -0.830. The Balaban J connectivity index is 2.08. The number of benzene rings is 1. The third-order valence-corrected chi connectivity index (χ3v) is 2.81. The van der Waals surface area contributed by atoms with Gasteiger partial charge in [0.15, 0.2) is 23.5 Å². The van der Waals surface area contributed by atoms with Crippen molar-refractivity contribution in [1.82, 2.24) is 0 Å². The zero-order chi connectivity index (χ0) is 14.0. The van der Waals surface area contributed by atoms with E-state index >= 15 is 0 Å². The van der Waals surface area contributed by atoms with Crippen LogP contribution in [0.4, 0.5) is 10.1 Å². The van der Waals surface area contributed by atoms with Crippen LogP contribution in [-0.4, -0.2) is 29.5 Å². The lowest BCUT2D eigenvalue weighted by Crippen LogP contribution is -2.52. The molecule has 0 aliphatic heterocycles. The fourth-order valence-corrected chi connectivity index (χ4v) is 1.81. The molecule has 1 aromatic rings. The number of hydrogen-bond acceptors (Lipinski definition) is 5. The molecule has 1 fully saturated rings. The van der Waals surface area contributed by atoms with Crippen LogP contribution in [0.15, 0.2) is 18.2 Å². The summed E-state index contributed by atoms with van der Waals surface area (Å²) in [7, 11) is 0. The van der Waals surface area contributed by atoms with Gasteiger partial charge in [-0.3, -0.25) is 14.9 Å². The Morgan fingerprint density at radius 1 is 1.53 bits per heavy atom. The van der Waals surface area contributed by atoms with Gasteiger partial charge >= 0.3 is 0 Å². The van der Waals surface area contributed by atoms with Crippen LogP contribution in [0.3, 0.4) is 0 Å².